The Morgan fingerprint density at radius 1 is 1.38 bits per heavy atom. The van der Waals surface area contributed by atoms with Crippen LogP contribution < -0.4 is 4.90 Å². The molecule has 108 valence electrons. The number of carboxylic acid groups (broad SMARTS) is 1. The van der Waals surface area contributed by atoms with Crippen LogP contribution in [0.3, 0.4) is 0 Å². The summed E-state index contributed by atoms with van der Waals surface area (Å²) >= 11 is 0. The second kappa shape index (κ2) is 5.05. The van der Waals surface area contributed by atoms with Gasteiger partial charge in [-0.2, -0.15) is 5.10 Å². The molecule has 1 aromatic heterocycles. The van der Waals surface area contributed by atoms with Crippen molar-refractivity contribution in [2.75, 3.05) is 11.4 Å². The minimum Gasteiger partial charge on any atom is -0.481 e. The third-order valence-electron chi connectivity index (χ3n) is 3.68. The summed E-state index contributed by atoms with van der Waals surface area (Å²) in [7, 11) is 1.79. The van der Waals surface area contributed by atoms with Crippen LogP contribution in [0.25, 0.3) is 0 Å². The molecule has 1 N–H and O–H groups in total. The van der Waals surface area contributed by atoms with Crippen molar-refractivity contribution in [1.29, 1.82) is 0 Å². The number of carbonyl (C=O) groups is 2. The molecule has 0 saturated heterocycles. The standard InChI is InChI=1S/C15H15N3O3/c1-17-8-10(7-16-17)6-14(19)18-9-12(15(20)21)11-4-2-3-5-13(11)18/h2-5,7-8,12H,6,9H2,1H3,(H,20,21). The van der Waals surface area contributed by atoms with Gasteiger partial charge in [-0.15, -0.1) is 0 Å². The molecule has 0 saturated carbocycles. The maximum atomic E-state index is 12.5. The Morgan fingerprint density at radius 2 is 2.14 bits per heavy atom. The fourth-order valence-corrected chi connectivity index (χ4v) is 2.69. The molecule has 1 amide bonds. The first kappa shape index (κ1) is 13.4. The van der Waals surface area contributed by atoms with Crippen LogP contribution in [0, 0.1) is 0 Å². The van der Waals surface area contributed by atoms with Crippen LogP contribution in [0.15, 0.2) is 36.7 Å². The van der Waals surface area contributed by atoms with Crippen LogP contribution in [0.2, 0.25) is 0 Å². The maximum Gasteiger partial charge on any atom is 0.312 e. The molecule has 1 atom stereocenters. The minimum atomic E-state index is -0.904. The van der Waals surface area contributed by atoms with Crippen LogP contribution in [-0.4, -0.2) is 33.3 Å². The van der Waals surface area contributed by atoms with E-state index in [0.29, 0.717) is 11.3 Å². The van der Waals surface area contributed by atoms with E-state index in [1.54, 1.807) is 47.2 Å². The first-order valence-corrected chi connectivity index (χ1v) is 6.66. The van der Waals surface area contributed by atoms with Crippen LogP contribution >= 0.6 is 0 Å². The number of para-hydroxylation sites is 1. The lowest BCUT2D eigenvalue weighted by Crippen LogP contribution is -2.32. The molecule has 0 fully saturated rings. The number of hydrogen-bond acceptors (Lipinski definition) is 3. The molecule has 1 aliphatic heterocycles. The lowest BCUT2D eigenvalue weighted by atomic mass is 10.0. The number of nitrogens with zero attached hydrogens (tertiary/aromatic N) is 3. The predicted molar refractivity (Wildman–Crippen MR) is 76.1 cm³/mol. The number of hydrogen-bond donors (Lipinski definition) is 1. The van der Waals surface area contributed by atoms with Gasteiger partial charge in [0, 0.05) is 25.5 Å². The van der Waals surface area contributed by atoms with Gasteiger partial charge in [-0.25, -0.2) is 0 Å². The van der Waals surface area contributed by atoms with Crippen molar-refractivity contribution >= 4 is 17.6 Å². The Morgan fingerprint density at radius 3 is 2.81 bits per heavy atom. The SMILES string of the molecule is Cn1cc(CC(=O)N2CC(C(=O)O)c3ccccc32)cn1. The number of carbonyl (C=O) groups excluding carboxylic acids is 1. The summed E-state index contributed by atoms with van der Waals surface area (Å²) < 4.78 is 1.64. The summed E-state index contributed by atoms with van der Waals surface area (Å²) in [5.74, 6) is -1.67. The monoisotopic (exact) mass is 285 g/mol. The number of aliphatic carboxylic acids is 1. The number of benzene rings is 1. The van der Waals surface area contributed by atoms with Crippen molar-refractivity contribution in [3.8, 4) is 0 Å². The third kappa shape index (κ3) is 2.40. The van der Waals surface area contributed by atoms with Crippen molar-refractivity contribution in [3.63, 3.8) is 0 Å². The van der Waals surface area contributed by atoms with E-state index in [1.165, 1.54) is 0 Å². The zero-order valence-electron chi connectivity index (χ0n) is 11.6. The van der Waals surface area contributed by atoms with E-state index < -0.39 is 11.9 Å². The Labute approximate surface area is 121 Å². The Bertz CT molecular complexity index is 708. The molecule has 1 aromatic carbocycles. The molecule has 0 aliphatic carbocycles. The highest BCUT2D eigenvalue weighted by Crippen LogP contribution is 2.36. The van der Waals surface area contributed by atoms with E-state index in [0.717, 1.165) is 5.56 Å². The summed E-state index contributed by atoms with van der Waals surface area (Å²) in [6.45, 7) is 0.188. The molecule has 2 aromatic rings. The molecular weight excluding hydrogens is 270 g/mol. The Balaban J connectivity index is 1.86. The van der Waals surface area contributed by atoms with Crippen molar-refractivity contribution in [2.45, 2.75) is 12.3 Å². The molecule has 0 spiro atoms. The number of amides is 1. The third-order valence-corrected chi connectivity index (χ3v) is 3.68. The van der Waals surface area contributed by atoms with Crippen molar-refractivity contribution in [1.82, 2.24) is 9.78 Å². The lowest BCUT2D eigenvalue weighted by molar-refractivity contribution is -0.138. The van der Waals surface area contributed by atoms with E-state index in [4.69, 9.17) is 0 Å². The van der Waals surface area contributed by atoms with Gasteiger partial charge >= 0.3 is 5.97 Å². The summed E-state index contributed by atoms with van der Waals surface area (Å²) in [4.78, 5) is 25.4. The number of aryl methyl sites for hydroxylation is 1. The maximum absolute atomic E-state index is 12.5. The van der Waals surface area contributed by atoms with Gasteiger partial charge in [-0.3, -0.25) is 14.3 Å². The number of aromatic nitrogens is 2. The highest BCUT2D eigenvalue weighted by atomic mass is 16.4. The van der Waals surface area contributed by atoms with E-state index in [2.05, 4.69) is 5.10 Å². The van der Waals surface area contributed by atoms with E-state index >= 15 is 0 Å². The van der Waals surface area contributed by atoms with Gasteiger partial charge in [-0.05, 0) is 17.2 Å². The van der Waals surface area contributed by atoms with Gasteiger partial charge < -0.3 is 10.0 Å². The lowest BCUT2D eigenvalue weighted by Gasteiger charge is -2.17. The normalized spacial score (nSPS) is 16.8. The average Bonchev–Trinajstić information content (AvgIpc) is 3.02. The number of anilines is 1. The highest BCUT2D eigenvalue weighted by Gasteiger charge is 2.36. The Kier molecular flexibility index (Phi) is 3.21. The first-order chi connectivity index (χ1) is 10.1. The molecule has 3 rings (SSSR count). The van der Waals surface area contributed by atoms with Gasteiger partial charge in [0.15, 0.2) is 0 Å². The van der Waals surface area contributed by atoms with Crippen LogP contribution in [0.5, 0.6) is 0 Å². The quantitative estimate of drug-likeness (QED) is 0.918. The second-order valence-electron chi connectivity index (χ2n) is 5.15. The summed E-state index contributed by atoms with van der Waals surface area (Å²) in [6, 6.07) is 7.17. The topological polar surface area (TPSA) is 75.4 Å². The molecule has 0 radical (unpaired) electrons. The first-order valence-electron chi connectivity index (χ1n) is 6.66. The Hall–Kier alpha value is -2.63. The van der Waals surface area contributed by atoms with Gasteiger partial charge in [-0.1, -0.05) is 18.2 Å². The molecule has 2 heterocycles. The molecule has 6 nitrogen and oxygen atoms in total. The number of carboxylic acids is 1. The number of fused-ring (bicyclic) bond motifs is 1. The molecular formula is C15H15N3O3. The molecule has 0 bridgehead atoms. The fourth-order valence-electron chi connectivity index (χ4n) is 2.69. The van der Waals surface area contributed by atoms with E-state index in [-0.39, 0.29) is 18.9 Å². The minimum absolute atomic E-state index is 0.112. The van der Waals surface area contributed by atoms with Gasteiger partial charge in [0.05, 0.1) is 12.6 Å². The van der Waals surface area contributed by atoms with Crippen molar-refractivity contribution < 1.29 is 14.7 Å². The van der Waals surface area contributed by atoms with E-state index in [1.807, 2.05) is 6.07 Å². The molecule has 6 heteroatoms. The van der Waals surface area contributed by atoms with Crippen LogP contribution in [0.4, 0.5) is 5.69 Å². The fraction of sp³-hybridized carbons (Fsp3) is 0.267. The largest absolute Gasteiger partial charge is 0.481 e. The van der Waals surface area contributed by atoms with E-state index in [9.17, 15) is 14.7 Å². The number of rotatable bonds is 3. The highest BCUT2D eigenvalue weighted by molar-refractivity contribution is 5.99. The second-order valence-corrected chi connectivity index (χ2v) is 5.15. The molecule has 1 unspecified atom stereocenters. The average molecular weight is 285 g/mol. The van der Waals surface area contributed by atoms with Crippen molar-refractivity contribution in [2.24, 2.45) is 7.05 Å². The smallest absolute Gasteiger partial charge is 0.312 e. The van der Waals surface area contributed by atoms with Gasteiger partial charge in [0.1, 0.15) is 5.92 Å². The summed E-state index contributed by atoms with van der Waals surface area (Å²) in [5.41, 5.74) is 2.21. The summed E-state index contributed by atoms with van der Waals surface area (Å²) in [5, 5.41) is 13.3. The molecule has 21 heavy (non-hydrogen) atoms. The summed E-state index contributed by atoms with van der Waals surface area (Å²) in [6.07, 6.45) is 3.65. The van der Waals surface area contributed by atoms with Gasteiger partial charge in [0.25, 0.3) is 0 Å². The van der Waals surface area contributed by atoms with Crippen LogP contribution in [-0.2, 0) is 23.1 Å². The zero-order chi connectivity index (χ0) is 15.0. The van der Waals surface area contributed by atoms with Crippen LogP contribution in [0.1, 0.15) is 17.0 Å². The zero-order valence-corrected chi connectivity index (χ0v) is 11.6. The predicted octanol–water partition coefficient (Wildman–Crippen LogP) is 1.18. The van der Waals surface area contributed by atoms with Crippen molar-refractivity contribution in [3.05, 3.63) is 47.8 Å². The van der Waals surface area contributed by atoms with Gasteiger partial charge in [0.2, 0.25) is 5.91 Å². The molecule has 1 aliphatic rings.